The number of nitrogens with zero attached hydrogens (tertiary/aromatic N) is 4. The molecule has 0 fully saturated rings. The van der Waals surface area contributed by atoms with Crippen LogP contribution >= 0.6 is 11.5 Å². The molecule has 20 heavy (non-hydrogen) atoms. The monoisotopic (exact) mass is 288 g/mol. The molecule has 0 aliphatic heterocycles. The molecule has 102 valence electrons. The van der Waals surface area contributed by atoms with Crippen molar-refractivity contribution in [3.63, 3.8) is 0 Å². The number of pyridine rings is 1. The molecule has 3 aromatic heterocycles. The first-order chi connectivity index (χ1) is 9.74. The van der Waals surface area contributed by atoms with Crippen LogP contribution in [0.2, 0.25) is 0 Å². The lowest BCUT2D eigenvalue weighted by molar-refractivity contribution is 0.379. The summed E-state index contributed by atoms with van der Waals surface area (Å²) in [6.45, 7) is 2.20. The molecule has 0 spiro atoms. The number of nitrogens with one attached hydrogen (secondary N) is 1. The number of aryl methyl sites for hydroxylation is 1. The molecule has 3 aromatic rings. The highest BCUT2D eigenvalue weighted by molar-refractivity contribution is 7.11. The average Bonchev–Trinajstić information content (AvgIpc) is 3.03. The summed E-state index contributed by atoms with van der Waals surface area (Å²) < 4.78 is 9.23. The first kappa shape index (κ1) is 12.5. The number of hydrogen-bond donors (Lipinski definition) is 2. The van der Waals surface area contributed by atoms with Gasteiger partial charge in [-0.05, 0) is 24.5 Å². The van der Waals surface area contributed by atoms with Gasteiger partial charge in [0, 0.05) is 18.0 Å². The normalized spacial score (nSPS) is 10.7. The maximum atomic E-state index is 5.93. The van der Waals surface area contributed by atoms with Gasteiger partial charge in [0.2, 0.25) is 5.89 Å². The highest BCUT2D eigenvalue weighted by Crippen LogP contribution is 2.36. The van der Waals surface area contributed by atoms with Gasteiger partial charge in [-0.25, -0.2) is 0 Å². The second-order valence-corrected chi connectivity index (χ2v) is 4.88. The van der Waals surface area contributed by atoms with Crippen LogP contribution in [0.25, 0.3) is 11.1 Å². The fraction of sp³-hybridized carbons (Fsp3) is 0.167. The maximum Gasteiger partial charge on any atom is 0.245 e. The zero-order valence-electron chi connectivity index (χ0n) is 10.7. The van der Waals surface area contributed by atoms with Crippen molar-refractivity contribution in [2.45, 2.75) is 13.5 Å². The molecule has 0 aliphatic rings. The van der Waals surface area contributed by atoms with Gasteiger partial charge in [0.1, 0.15) is 10.8 Å². The molecule has 8 heteroatoms. The molecule has 0 aliphatic carbocycles. The Labute approximate surface area is 119 Å². The first-order valence-electron chi connectivity index (χ1n) is 5.92. The van der Waals surface area contributed by atoms with Gasteiger partial charge in [-0.3, -0.25) is 4.98 Å². The Kier molecular flexibility index (Phi) is 3.30. The van der Waals surface area contributed by atoms with Crippen molar-refractivity contribution in [3.8, 4) is 11.1 Å². The van der Waals surface area contributed by atoms with Crippen LogP contribution in [0.4, 0.5) is 10.8 Å². The van der Waals surface area contributed by atoms with Crippen LogP contribution in [-0.2, 0) is 6.54 Å². The molecule has 0 unspecified atom stereocenters. The fourth-order valence-corrected chi connectivity index (χ4v) is 2.51. The Morgan fingerprint density at radius 3 is 3.05 bits per heavy atom. The topological polar surface area (TPSA) is 103 Å². The summed E-state index contributed by atoms with van der Waals surface area (Å²) >= 11 is 1.29. The van der Waals surface area contributed by atoms with Gasteiger partial charge < -0.3 is 15.6 Å². The summed E-state index contributed by atoms with van der Waals surface area (Å²) in [7, 11) is 0. The van der Waals surface area contributed by atoms with Gasteiger partial charge in [-0.1, -0.05) is 11.2 Å². The Bertz CT molecular complexity index is 708. The fourth-order valence-electron chi connectivity index (χ4n) is 1.78. The largest absolute Gasteiger partial charge is 0.382 e. The smallest absolute Gasteiger partial charge is 0.245 e. The van der Waals surface area contributed by atoms with Gasteiger partial charge in [0.05, 0.1) is 12.1 Å². The van der Waals surface area contributed by atoms with Crippen molar-refractivity contribution in [3.05, 3.63) is 36.2 Å². The summed E-state index contributed by atoms with van der Waals surface area (Å²) in [5.41, 5.74) is 7.69. The van der Waals surface area contributed by atoms with Crippen molar-refractivity contribution < 1.29 is 4.52 Å². The quantitative estimate of drug-likeness (QED) is 0.757. The Balaban J connectivity index is 1.84. The predicted molar refractivity (Wildman–Crippen MR) is 76.1 cm³/mol. The van der Waals surface area contributed by atoms with E-state index in [1.54, 1.807) is 19.3 Å². The molecule has 0 radical (unpaired) electrons. The Hall–Kier alpha value is -2.48. The molecule has 0 atom stereocenters. The lowest BCUT2D eigenvalue weighted by Gasteiger charge is -2.04. The third-order valence-corrected chi connectivity index (χ3v) is 3.46. The summed E-state index contributed by atoms with van der Waals surface area (Å²) in [6.07, 6.45) is 3.47. The molecule has 3 rings (SSSR count). The highest BCUT2D eigenvalue weighted by atomic mass is 32.1. The predicted octanol–water partition coefficient (Wildman–Crippen LogP) is 2.09. The Morgan fingerprint density at radius 1 is 1.45 bits per heavy atom. The zero-order chi connectivity index (χ0) is 13.9. The van der Waals surface area contributed by atoms with Crippen molar-refractivity contribution >= 4 is 22.4 Å². The molecule has 0 bridgehead atoms. The van der Waals surface area contributed by atoms with Crippen molar-refractivity contribution in [1.29, 1.82) is 0 Å². The van der Waals surface area contributed by atoms with Gasteiger partial charge in [0.15, 0.2) is 5.82 Å². The zero-order valence-corrected chi connectivity index (χ0v) is 11.5. The summed E-state index contributed by atoms with van der Waals surface area (Å²) in [6, 6.07) is 3.80. The molecule has 3 N–H and O–H groups in total. The van der Waals surface area contributed by atoms with Crippen LogP contribution in [0.5, 0.6) is 0 Å². The van der Waals surface area contributed by atoms with E-state index in [9.17, 15) is 0 Å². The number of anilines is 2. The van der Waals surface area contributed by atoms with E-state index < -0.39 is 0 Å². The van der Waals surface area contributed by atoms with E-state index in [4.69, 9.17) is 10.3 Å². The molecular formula is C12H12N6OS. The minimum Gasteiger partial charge on any atom is -0.382 e. The molecule has 0 aromatic carbocycles. The van der Waals surface area contributed by atoms with Gasteiger partial charge >= 0.3 is 0 Å². The van der Waals surface area contributed by atoms with Crippen LogP contribution in [0.1, 0.15) is 11.7 Å². The SMILES string of the molecule is Cc1noc(CNc2snc(N)c2-c2cccnc2)n1. The Morgan fingerprint density at radius 2 is 2.35 bits per heavy atom. The van der Waals surface area contributed by atoms with E-state index in [2.05, 4.69) is 24.8 Å². The second-order valence-electron chi connectivity index (χ2n) is 4.10. The number of nitrogen functional groups attached to an aromatic ring is 1. The van der Waals surface area contributed by atoms with Gasteiger partial charge in [-0.15, -0.1) is 0 Å². The van der Waals surface area contributed by atoms with E-state index in [0.717, 1.165) is 16.1 Å². The third kappa shape index (κ3) is 2.45. The van der Waals surface area contributed by atoms with Crippen LogP contribution in [-0.4, -0.2) is 19.5 Å². The molecule has 3 heterocycles. The summed E-state index contributed by atoms with van der Waals surface area (Å²) in [5.74, 6) is 1.61. The van der Waals surface area contributed by atoms with Crippen molar-refractivity contribution in [2.24, 2.45) is 0 Å². The summed E-state index contributed by atoms with van der Waals surface area (Å²) in [5, 5.41) is 7.81. The third-order valence-electron chi connectivity index (χ3n) is 2.64. The van der Waals surface area contributed by atoms with Crippen molar-refractivity contribution in [2.75, 3.05) is 11.1 Å². The lowest BCUT2D eigenvalue weighted by Crippen LogP contribution is -2.00. The summed E-state index contributed by atoms with van der Waals surface area (Å²) in [4.78, 5) is 8.23. The number of aromatic nitrogens is 4. The van der Waals surface area contributed by atoms with E-state index in [0.29, 0.717) is 24.1 Å². The van der Waals surface area contributed by atoms with Gasteiger partial charge in [0.25, 0.3) is 0 Å². The van der Waals surface area contributed by atoms with E-state index in [1.807, 2.05) is 12.1 Å². The van der Waals surface area contributed by atoms with Crippen LogP contribution in [0.3, 0.4) is 0 Å². The number of nitrogens with two attached hydrogens (primary N) is 1. The molecule has 0 saturated heterocycles. The number of rotatable bonds is 4. The standard InChI is InChI=1S/C12H12N6OS/c1-7-16-9(19-17-7)6-15-12-10(11(13)18-20-12)8-3-2-4-14-5-8/h2-5,15H,6H2,1H3,(H2,13,18). The minimum atomic E-state index is 0.426. The highest BCUT2D eigenvalue weighted by Gasteiger charge is 2.14. The van der Waals surface area contributed by atoms with E-state index in [1.165, 1.54) is 11.5 Å². The molecular weight excluding hydrogens is 276 g/mol. The van der Waals surface area contributed by atoms with Gasteiger partial charge in [-0.2, -0.15) is 9.36 Å². The second kappa shape index (κ2) is 5.25. The average molecular weight is 288 g/mol. The van der Waals surface area contributed by atoms with Crippen LogP contribution < -0.4 is 11.1 Å². The lowest BCUT2D eigenvalue weighted by atomic mass is 10.1. The van der Waals surface area contributed by atoms with E-state index >= 15 is 0 Å². The van der Waals surface area contributed by atoms with Crippen LogP contribution in [0.15, 0.2) is 29.0 Å². The molecule has 0 saturated carbocycles. The first-order valence-corrected chi connectivity index (χ1v) is 6.70. The minimum absolute atomic E-state index is 0.426. The molecule has 0 amide bonds. The maximum absolute atomic E-state index is 5.93. The van der Waals surface area contributed by atoms with E-state index in [-0.39, 0.29) is 0 Å². The van der Waals surface area contributed by atoms with Crippen molar-refractivity contribution in [1.82, 2.24) is 19.5 Å². The van der Waals surface area contributed by atoms with Crippen LogP contribution in [0, 0.1) is 6.92 Å². The number of hydrogen-bond acceptors (Lipinski definition) is 8. The molecule has 7 nitrogen and oxygen atoms in total.